The minimum atomic E-state index is 0.193. The number of hydrogen-bond acceptors (Lipinski definition) is 5. The SMILES string of the molecule is CCCN(CC)c1nc(Cl)nc(-n2ccnc2)n1. The predicted molar refractivity (Wildman–Crippen MR) is 70.1 cm³/mol. The van der Waals surface area contributed by atoms with E-state index in [0.717, 1.165) is 19.5 Å². The van der Waals surface area contributed by atoms with Crippen LogP contribution < -0.4 is 4.90 Å². The van der Waals surface area contributed by atoms with Gasteiger partial charge in [-0.3, -0.25) is 4.57 Å². The number of anilines is 1. The quantitative estimate of drug-likeness (QED) is 0.828. The van der Waals surface area contributed by atoms with Gasteiger partial charge in [0.1, 0.15) is 6.33 Å². The lowest BCUT2D eigenvalue weighted by Gasteiger charge is -2.20. The van der Waals surface area contributed by atoms with Crippen molar-refractivity contribution in [2.45, 2.75) is 20.3 Å². The zero-order valence-electron chi connectivity index (χ0n) is 10.4. The van der Waals surface area contributed by atoms with Crippen molar-refractivity contribution in [1.82, 2.24) is 24.5 Å². The molecule has 0 atom stereocenters. The van der Waals surface area contributed by atoms with Crippen LogP contribution in [-0.2, 0) is 0 Å². The molecule has 0 radical (unpaired) electrons. The Morgan fingerprint density at radius 3 is 2.72 bits per heavy atom. The Morgan fingerprint density at radius 2 is 2.11 bits per heavy atom. The fraction of sp³-hybridized carbons (Fsp3) is 0.455. The lowest BCUT2D eigenvalue weighted by Crippen LogP contribution is -2.26. The third-order valence-electron chi connectivity index (χ3n) is 2.48. The third-order valence-corrected chi connectivity index (χ3v) is 2.65. The zero-order chi connectivity index (χ0) is 13.0. The van der Waals surface area contributed by atoms with Gasteiger partial charge in [-0.25, -0.2) is 4.98 Å². The highest BCUT2D eigenvalue weighted by molar-refractivity contribution is 6.28. The topological polar surface area (TPSA) is 59.7 Å². The number of aromatic nitrogens is 5. The summed E-state index contributed by atoms with van der Waals surface area (Å²) >= 11 is 5.95. The molecule has 0 aliphatic heterocycles. The summed E-state index contributed by atoms with van der Waals surface area (Å²) in [5.74, 6) is 1.08. The first-order valence-electron chi connectivity index (χ1n) is 5.89. The highest BCUT2D eigenvalue weighted by Gasteiger charge is 2.11. The van der Waals surface area contributed by atoms with E-state index in [1.165, 1.54) is 0 Å². The Morgan fingerprint density at radius 1 is 1.28 bits per heavy atom. The summed E-state index contributed by atoms with van der Waals surface area (Å²) in [7, 11) is 0. The molecule has 2 aromatic rings. The largest absolute Gasteiger partial charge is 0.341 e. The predicted octanol–water partition coefficient (Wildman–Crippen LogP) is 1.95. The molecule has 18 heavy (non-hydrogen) atoms. The Balaban J connectivity index is 2.37. The van der Waals surface area contributed by atoms with E-state index in [1.54, 1.807) is 23.3 Å². The van der Waals surface area contributed by atoms with Crippen LogP contribution in [0.15, 0.2) is 18.7 Å². The molecule has 7 heteroatoms. The smallest absolute Gasteiger partial charge is 0.241 e. The Kier molecular flexibility index (Phi) is 4.09. The Bertz CT molecular complexity index is 498. The standard InChI is InChI=1S/C11H15ClN6/c1-3-6-17(4-2)10-14-9(12)15-11(16-10)18-7-5-13-8-18/h5,7-8H,3-4,6H2,1-2H3. The van der Waals surface area contributed by atoms with E-state index in [1.807, 2.05) is 0 Å². The first-order valence-corrected chi connectivity index (χ1v) is 6.27. The molecule has 0 amide bonds. The summed E-state index contributed by atoms with van der Waals surface area (Å²) in [5.41, 5.74) is 0. The van der Waals surface area contributed by atoms with E-state index >= 15 is 0 Å². The second-order valence-electron chi connectivity index (χ2n) is 3.75. The van der Waals surface area contributed by atoms with E-state index in [-0.39, 0.29) is 5.28 Å². The molecule has 0 aromatic carbocycles. The van der Waals surface area contributed by atoms with Crippen LogP contribution in [0.4, 0.5) is 5.95 Å². The molecule has 2 heterocycles. The van der Waals surface area contributed by atoms with Crippen LogP contribution in [0.5, 0.6) is 0 Å². The van der Waals surface area contributed by atoms with Crippen LogP contribution in [-0.4, -0.2) is 37.6 Å². The minimum absolute atomic E-state index is 0.193. The van der Waals surface area contributed by atoms with Crippen LogP contribution in [0, 0.1) is 0 Å². The van der Waals surface area contributed by atoms with Crippen LogP contribution in [0.2, 0.25) is 5.28 Å². The molecule has 2 aromatic heterocycles. The maximum atomic E-state index is 5.95. The molecule has 0 saturated carbocycles. The van der Waals surface area contributed by atoms with Crippen molar-refractivity contribution >= 4 is 17.5 Å². The molecule has 0 fully saturated rings. The minimum Gasteiger partial charge on any atom is -0.341 e. The van der Waals surface area contributed by atoms with E-state index in [4.69, 9.17) is 11.6 Å². The highest BCUT2D eigenvalue weighted by Crippen LogP contribution is 2.13. The first-order chi connectivity index (χ1) is 8.74. The lowest BCUT2D eigenvalue weighted by atomic mass is 10.4. The molecular formula is C11H15ClN6. The average molecular weight is 267 g/mol. The fourth-order valence-corrected chi connectivity index (χ4v) is 1.78. The number of rotatable bonds is 5. The number of imidazole rings is 1. The number of nitrogens with zero attached hydrogens (tertiary/aromatic N) is 6. The molecule has 0 N–H and O–H groups in total. The molecule has 0 aliphatic rings. The van der Waals surface area contributed by atoms with Crippen molar-refractivity contribution in [1.29, 1.82) is 0 Å². The summed E-state index contributed by atoms with van der Waals surface area (Å²) in [5, 5.41) is 0.193. The van der Waals surface area contributed by atoms with Gasteiger partial charge in [-0.15, -0.1) is 0 Å². The van der Waals surface area contributed by atoms with Crippen LogP contribution in [0.25, 0.3) is 5.95 Å². The fourth-order valence-electron chi connectivity index (χ4n) is 1.63. The van der Waals surface area contributed by atoms with E-state index in [9.17, 15) is 0 Å². The van der Waals surface area contributed by atoms with Crippen molar-refractivity contribution in [3.8, 4) is 5.95 Å². The van der Waals surface area contributed by atoms with Gasteiger partial charge in [0, 0.05) is 25.5 Å². The van der Waals surface area contributed by atoms with Gasteiger partial charge in [-0.2, -0.15) is 15.0 Å². The number of halogens is 1. The average Bonchev–Trinajstić information content (AvgIpc) is 2.89. The summed E-state index contributed by atoms with van der Waals surface area (Å²) < 4.78 is 1.71. The molecule has 0 aliphatic carbocycles. The second kappa shape index (κ2) is 5.77. The molecule has 6 nitrogen and oxygen atoms in total. The number of hydrogen-bond donors (Lipinski definition) is 0. The molecular weight excluding hydrogens is 252 g/mol. The van der Waals surface area contributed by atoms with Crippen molar-refractivity contribution in [3.05, 3.63) is 24.0 Å². The van der Waals surface area contributed by atoms with E-state index in [2.05, 4.69) is 38.7 Å². The van der Waals surface area contributed by atoms with Gasteiger partial charge < -0.3 is 4.90 Å². The van der Waals surface area contributed by atoms with Gasteiger partial charge in [-0.05, 0) is 24.9 Å². The Labute approximate surface area is 111 Å². The van der Waals surface area contributed by atoms with E-state index in [0.29, 0.717) is 11.9 Å². The Hall–Kier alpha value is -1.69. The van der Waals surface area contributed by atoms with Crippen molar-refractivity contribution in [2.75, 3.05) is 18.0 Å². The lowest BCUT2D eigenvalue weighted by molar-refractivity contribution is 0.748. The van der Waals surface area contributed by atoms with Crippen LogP contribution in [0.3, 0.4) is 0 Å². The normalized spacial score (nSPS) is 10.6. The monoisotopic (exact) mass is 266 g/mol. The molecule has 0 spiro atoms. The van der Waals surface area contributed by atoms with Crippen LogP contribution >= 0.6 is 11.6 Å². The molecule has 2 rings (SSSR count). The first kappa shape index (κ1) is 12.8. The third kappa shape index (κ3) is 2.76. The van der Waals surface area contributed by atoms with Crippen molar-refractivity contribution in [3.63, 3.8) is 0 Å². The molecule has 96 valence electrons. The summed E-state index contributed by atoms with van der Waals surface area (Å²) in [6.07, 6.45) is 6.09. The van der Waals surface area contributed by atoms with E-state index < -0.39 is 0 Å². The van der Waals surface area contributed by atoms with Gasteiger partial charge >= 0.3 is 0 Å². The van der Waals surface area contributed by atoms with Crippen molar-refractivity contribution < 1.29 is 0 Å². The summed E-state index contributed by atoms with van der Waals surface area (Å²) in [4.78, 5) is 18.7. The van der Waals surface area contributed by atoms with Gasteiger partial charge in [0.25, 0.3) is 0 Å². The van der Waals surface area contributed by atoms with Gasteiger partial charge in [0.15, 0.2) is 0 Å². The summed E-state index contributed by atoms with van der Waals surface area (Å²) in [6, 6.07) is 0. The van der Waals surface area contributed by atoms with Gasteiger partial charge in [-0.1, -0.05) is 6.92 Å². The molecule has 0 saturated heterocycles. The van der Waals surface area contributed by atoms with Gasteiger partial charge in [0.2, 0.25) is 17.2 Å². The maximum absolute atomic E-state index is 5.95. The highest BCUT2D eigenvalue weighted by atomic mass is 35.5. The molecule has 0 bridgehead atoms. The molecule has 0 unspecified atom stereocenters. The second-order valence-corrected chi connectivity index (χ2v) is 4.09. The zero-order valence-corrected chi connectivity index (χ0v) is 11.2. The van der Waals surface area contributed by atoms with Gasteiger partial charge in [0.05, 0.1) is 0 Å². The maximum Gasteiger partial charge on any atom is 0.241 e. The summed E-state index contributed by atoms with van der Waals surface area (Å²) in [6.45, 7) is 5.89. The van der Waals surface area contributed by atoms with Crippen LogP contribution in [0.1, 0.15) is 20.3 Å². The van der Waals surface area contributed by atoms with Crippen molar-refractivity contribution in [2.24, 2.45) is 0 Å².